The summed E-state index contributed by atoms with van der Waals surface area (Å²) in [4.78, 5) is 21.7. The van der Waals surface area contributed by atoms with E-state index in [1.165, 1.54) is 4.88 Å². The lowest BCUT2D eigenvalue weighted by atomic mass is 10.2. The maximum atomic E-state index is 12.1. The first-order valence-corrected chi connectivity index (χ1v) is 8.17. The number of thiazole rings is 1. The molecule has 1 saturated heterocycles. The molecule has 0 saturated carbocycles. The lowest BCUT2D eigenvalue weighted by molar-refractivity contribution is 0.0942. The Morgan fingerprint density at radius 3 is 2.59 bits per heavy atom. The normalized spacial score (nSPS) is 15.0. The number of nitrogens with zero attached hydrogens (tertiary/aromatic N) is 3. The molecule has 3 rings (SSSR count). The highest BCUT2D eigenvalue weighted by Gasteiger charge is 2.23. The molecule has 0 unspecified atom stereocenters. The minimum atomic E-state index is -0.237. The van der Waals surface area contributed by atoms with Crippen LogP contribution in [0.2, 0.25) is 0 Å². The Morgan fingerprint density at radius 1 is 1.23 bits per heavy atom. The molecule has 6 heteroatoms. The molecule has 2 aromatic rings. The molecule has 0 aliphatic carbocycles. The predicted molar refractivity (Wildman–Crippen MR) is 87.3 cm³/mol. The number of carbonyl (C=O) groups excluding carboxylic acids is 1. The van der Waals surface area contributed by atoms with Crippen LogP contribution < -0.4 is 4.90 Å². The SMILES string of the molecule is Cc1cnc(N2CCN(C(=O)OCc3ccccc3)CC2)s1. The fourth-order valence-corrected chi connectivity index (χ4v) is 3.19. The van der Waals surface area contributed by atoms with Crippen LogP contribution in [-0.4, -0.2) is 42.2 Å². The van der Waals surface area contributed by atoms with E-state index in [1.807, 2.05) is 36.5 Å². The van der Waals surface area contributed by atoms with Crippen LogP contribution in [0.5, 0.6) is 0 Å². The van der Waals surface area contributed by atoms with Gasteiger partial charge in [-0.05, 0) is 12.5 Å². The number of hydrogen-bond donors (Lipinski definition) is 0. The van der Waals surface area contributed by atoms with Crippen LogP contribution in [0.4, 0.5) is 9.93 Å². The van der Waals surface area contributed by atoms with Gasteiger partial charge in [-0.25, -0.2) is 9.78 Å². The van der Waals surface area contributed by atoms with E-state index < -0.39 is 0 Å². The molecule has 1 fully saturated rings. The van der Waals surface area contributed by atoms with Gasteiger partial charge in [0.05, 0.1) is 0 Å². The molecule has 0 bridgehead atoms. The first-order chi connectivity index (χ1) is 10.7. The second kappa shape index (κ2) is 6.79. The number of ether oxygens (including phenoxy) is 1. The molecule has 0 spiro atoms. The topological polar surface area (TPSA) is 45.7 Å². The second-order valence-corrected chi connectivity index (χ2v) is 6.48. The Hall–Kier alpha value is -2.08. The average molecular weight is 317 g/mol. The summed E-state index contributed by atoms with van der Waals surface area (Å²) in [7, 11) is 0. The molecule has 1 aromatic carbocycles. The molecule has 116 valence electrons. The Bertz CT molecular complexity index is 621. The number of carbonyl (C=O) groups is 1. The van der Waals surface area contributed by atoms with Crippen LogP contribution in [0.1, 0.15) is 10.4 Å². The summed E-state index contributed by atoms with van der Waals surface area (Å²) in [5.74, 6) is 0. The fraction of sp³-hybridized carbons (Fsp3) is 0.375. The maximum Gasteiger partial charge on any atom is 0.410 e. The highest BCUT2D eigenvalue weighted by Crippen LogP contribution is 2.22. The number of aromatic nitrogens is 1. The van der Waals surface area contributed by atoms with Crippen LogP contribution in [0.25, 0.3) is 0 Å². The molecular formula is C16H19N3O2S. The lowest BCUT2D eigenvalue weighted by Crippen LogP contribution is -2.48. The number of hydrogen-bond acceptors (Lipinski definition) is 5. The van der Waals surface area contributed by atoms with E-state index in [0.29, 0.717) is 19.7 Å². The molecule has 2 heterocycles. The monoisotopic (exact) mass is 317 g/mol. The summed E-state index contributed by atoms with van der Waals surface area (Å²) in [6.07, 6.45) is 1.65. The molecule has 22 heavy (non-hydrogen) atoms. The largest absolute Gasteiger partial charge is 0.445 e. The van der Waals surface area contributed by atoms with Gasteiger partial charge in [0.2, 0.25) is 0 Å². The number of benzene rings is 1. The van der Waals surface area contributed by atoms with E-state index in [-0.39, 0.29) is 6.09 Å². The zero-order valence-corrected chi connectivity index (χ0v) is 13.4. The molecule has 0 radical (unpaired) electrons. The van der Waals surface area contributed by atoms with Crippen molar-refractivity contribution in [3.8, 4) is 0 Å². The molecule has 5 nitrogen and oxygen atoms in total. The zero-order chi connectivity index (χ0) is 15.4. The van der Waals surface area contributed by atoms with Crippen molar-refractivity contribution in [1.29, 1.82) is 0 Å². The van der Waals surface area contributed by atoms with Crippen molar-refractivity contribution >= 4 is 22.6 Å². The Labute approximate surface area is 134 Å². The summed E-state index contributed by atoms with van der Waals surface area (Å²) in [6, 6.07) is 9.74. The van der Waals surface area contributed by atoms with Gasteiger partial charge in [-0.15, -0.1) is 11.3 Å². The van der Waals surface area contributed by atoms with Gasteiger partial charge < -0.3 is 14.5 Å². The molecule has 0 atom stereocenters. The van der Waals surface area contributed by atoms with Crippen molar-refractivity contribution in [3.63, 3.8) is 0 Å². The summed E-state index contributed by atoms with van der Waals surface area (Å²) < 4.78 is 5.37. The number of amides is 1. The minimum Gasteiger partial charge on any atom is -0.445 e. The van der Waals surface area contributed by atoms with Crippen molar-refractivity contribution in [2.75, 3.05) is 31.1 Å². The number of rotatable bonds is 3. The van der Waals surface area contributed by atoms with E-state index in [9.17, 15) is 4.79 Å². The highest BCUT2D eigenvalue weighted by molar-refractivity contribution is 7.15. The Kier molecular flexibility index (Phi) is 4.58. The summed E-state index contributed by atoms with van der Waals surface area (Å²) in [5, 5.41) is 1.04. The van der Waals surface area contributed by atoms with Crippen molar-refractivity contribution in [1.82, 2.24) is 9.88 Å². The van der Waals surface area contributed by atoms with Crippen molar-refractivity contribution in [2.24, 2.45) is 0 Å². The van der Waals surface area contributed by atoms with Crippen LogP contribution in [-0.2, 0) is 11.3 Å². The first-order valence-electron chi connectivity index (χ1n) is 7.35. The molecule has 1 aliphatic rings. The van der Waals surface area contributed by atoms with E-state index in [0.717, 1.165) is 23.8 Å². The van der Waals surface area contributed by atoms with Gasteiger partial charge in [0.1, 0.15) is 6.61 Å². The Morgan fingerprint density at radius 2 is 1.95 bits per heavy atom. The lowest BCUT2D eigenvalue weighted by Gasteiger charge is -2.33. The molecular weight excluding hydrogens is 298 g/mol. The van der Waals surface area contributed by atoms with Gasteiger partial charge in [-0.2, -0.15) is 0 Å². The number of aryl methyl sites for hydroxylation is 1. The van der Waals surface area contributed by atoms with Gasteiger partial charge in [0.15, 0.2) is 5.13 Å². The van der Waals surface area contributed by atoms with E-state index >= 15 is 0 Å². The zero-order valence-electron chi connectivity index (χ0n) is 12.6. The van der Waals surface area contributed by atoms with E-state index in [4.69, 9.17) is 4.74 Å². The second-order valence-electron chi connectivity index (χ2n) is 5.27. The van der Waals surface area contributed by atoms with Crippen LogP contribution in [0.3, 0.4) is 0 Å². The average Bonchev–Trinajstić information content (AvgIpc) is 3.00. The third-order valence-corrected chi connectivity index (χ3v) is 4.60. The van der Waals surface area contributed by atoms with Gasteiger partial charge >= 0.3 is 6.09 Å². The highest BCUT2D eigenvalue weighted by atomic mass is 32.1. The molecule has 1 aliphatic heterocycles. The summed E-state index contributed by atoms with van der Waals surface area (Å²) in [5.41, 5.74) is 1.01. The fourth-order valence-electron chi connectivity index (χ4n) is 2.38. The van der Waals surface area contributed by atoms with Crippen LogP contribution in [0, 0.1) is 6.92 Å². The van der Waals surface area contributed by atoms with Gasteiger partial charge in [0, 0.05) is 37.3 Å². The molecule has 1 aromatic heterocycles. The standard InChI is InChI=1S/C16H19N3O2S/c1-13-11-17-15(22-13)18-7-9-19(10-8-18)16(20)21-12-14-5-3-2-4-6-14/h2-6,11H,7-10,12H2,1H3. The molecule has 0 N–H and O–H groups in total. The van der Waals surface area contributed by atoms with E-state index in [1.54, 1.807) is 16.2 Å². The summed E-state index contributed by atoms with van der Waals surface area (Å²) in [6.45, 7) is 5.32. The van der Waals surface area contributed by atoms with Crippen molar-refractivity contribution in [3.05, 3.63) is 47.0 Å². The minimum absolute atomic E-state index is 0.237. The quantitative estimate of drug-likeness (QED) is 0.873. The molecule has 1 amide bonds. The first kappa shape index (κ1) is 14.8. The summed E-state index contributed by atoms with van der Waals surface area (Å²) >= 11 is 1.69. The maximum absolute atomic E-state index is 12.1. The Balaban J connectivity index is 1.47. The van der Waals surface area contributed by atoms with Gasteiger partial charge in [0.25, 0.3) is 0 Å². The van der Waals surface area contributed by atoms with Gasteiger partial charge in [-0.3, -0.25) is 0 Å². The van der Waals surface area contributed by atoms with E-state index in [2.05, 4.69) is 16.8 Å². The van der Waals surface area contributed by atoms with Crippen LogP contribution in [0.15, 0.2) is 36.5 Å². The number of piperazine rings is 1. The van der Waals surface area contributed by atoms with Gasteiger partial charge in [-0.1, -0.05) is 30.3 Å². The predicted octanol–water partition coefficient (Wildman–Crippen LogP) is 2.91. The van der Waals surface area contributed by atoms with Crippen molar-refractivity contribution < 1.29 is 9.53 Å². The number of anilines is 1. The van der Waals surface area contributed by atoms with Crippen LogP contribution >= 0.6 is 11.3 Å². The third-order valence-electron chi connectivity index (χ3n) is 3.62. The van der Waals surface area contributed by atoms with Crippen molar-refractivity contribution in [2.45, 2.75) is 13.5 Å². The smallest absolute Gasteiger partial charge is 0.410 e. The third kappa shape index (κ3) is 3.57.